The van der Waals surface area contributed by atoms with E-state index in [9.17, 15) is 4.79 Å². The molecule has 0 amide bonds. The first kappa shape index (κ1) is 14.2. The molecule has 0 aliphatic rings. The highest BCUT2D eigenvalue weighted by molar-refractivity contribution is 5.98. The number of rotatable bonds is 3. The Hall–Kier alpha value is -2.75. The van der Waals surface area contributed by atoms with Crippen molar-refractivity contribution in [2.24, 2.45) is 0 Å². The Morgan fingerprint density at radius 2 is 1.73 bits per heavy atom. The van der Waals surface area contributed by atoms with E-state index in [0.29, 0.717) is 5.69 Å². The minimum absolute atomic E-state index is 0.0889. The predicted octanol–water partition coefficient (Wildman–Crippen LogP) is 3.75. The van der Waals surface area contributed by atoms with Crippen LogP contribution >= 0.6 is 0 Å². The van der Waals surface area contributed by atoms with Crippen molar-refractivity contribution in [3.05, 3.63) is 65.4 Å². The van der Waals surface area contributed by atoms with E-state index in [-0.39, 0.29) is 5.78 Å². The summed E-state index contributed by atoms with van der Waals surface area (Å²) in [7, 11) is 0. The average molecular weight is 291 g/mol. The van der Waals surface area contributed by atoms with E-state index in [0.717, 1.165) is 16.9 Å². The fourth-order valence-corrected chi connectivity index (χ4v) is 2.41. The molecule has 4 nitrogen and oxygen atoms in total. The number of ketones is 1. The number of nitrogens with zero attached hydrogens (tertiary/aromatic N) is 3. The zero-order valence-electron chi connectivity index (χ0n) is 12.9. The van der Waals surface area contributed by atoms with Crippen LogP contribution in [0.5, 0.6) is 0 Å². The van der Waals surface area contributed by atoms with Crippen molar-refractivity contribution in [3.8, 4) is 16.9 Å². The van der Waals surface area contributed by atoms with Crippen molar-refractivity contribution in [2.45, 2.75) is 20.8 Å². The van der Waals surface area contributed by atoms with Crippen molar-refractivity contribution in [3.63, 3.8) is 0 Å². The van der Waals surface area contributed by atoms with Gasteiger partial charge in [-0.25, -0.2) is 4.68 Å². The van der Waals surface area contributed by atoms with Crippen molar-refractivity contribution in [1.29, 1.82) is 0 Å². The normalized spacial score (nSPS) is 10.7. The molecule has 3 rings (SSSR count). The molecular weight excluding hydrogens is 274 g/mol. The lowest BCUT2D eigenvalue weighted by molar-refractivity contribution is 0.101. The van der Waals surface area contributed by atoms with Gasteiger partial charge < -0.3 is 0 Å². The van der Waals surface area contributed by atoms with Gasteiger partial charge in [-0.2, -0.15) is 0 Å². The van der Waals surface area contributed by atoms with Gasteiger partial charge in [-0.1, -0.05) is 41.6 Å². The van der Waals surface area contributed by atoms with Crippen LogP contribution in [-0.4, -0.2) is 20.8 Å². The van der Waals surface area contributed by atoms with Gasteiger partial charge in [-0.3, -0.25) is 4.79 Å². The summed E-state index contributed by atoms with van der Waals surface area (Å²) < 4.78 is 1.73. The Labute approximate surface area is 129 Å². The number of hydrogen-bond donors (Lipinski definition) is 0. The van der Waals surface area contributed by atoms with Crippen LogP contribution in [0.4, 0.5) is 0 Å². The monoisotopic (exact) mass is 291 g/mol. The van der Waals surface area contributed by atoms with Crippen molar-refractivity contribution >= 4 is 5.78 Å². The van der Waals surface area contributed by atoms with Gasteiger partial charge in [0.25, 0.3) is 0 Å². The summed E-state index contributed by atoms with van der Waals surface area (Å²) in [6.07, 6.45) is 0. The first-order chi connectivity index (χ1) is 10.6. The van der Waals surface area contributed by atoms with E-state index in [1.807, 2.05) is 36.4 Å². The molecule has 110 valence electrons. The van der Waals surface area contributed by atoms with Gasteiger partial charge in [0.2, 0.25) is 0 Å². The lowest BCUT2D eigenvalue weighted by Crippen LogP contribution is -2.02. The maximum absolute atomic E-state index is 11.9. The third kappa shape index (κ3) is 2.44. The summed E-state index contributed by atoms with van der Waals surface area (Å²) in [5, 5.41) is 8.28. The molecule has 2 aromatic carbocycles. The molecule has 4 heteroatoms. The summed E-state index contributed by atoms with van der Waals surface area (Å²) >= 11 is 0. The minimum atomic E-state index is -0.0889. The molecule has 0 aliphatic carbocycles. The Kier molecular flexibility index (Phi) is 3.59. The highest BCUT2D eigenvalue weighted by Gasteiger charge is 2.19. The van der Waals surface area contributed by atoms with Crippen molar-refractivity contribution < 1.29 is 4.79 Å². The number of aryl methyl sites for hydroxylation is 2. The van der Waals surface area contributed by atoms with E-state index in [1.54, 1.807) is 4.68 Å². The molecule has 3 aromatic rings. The SMILES string of the molecule is CC(=O)c1nnn(-c2ccc(C)c(C)c2)c1-c1ccccc1. The standard InChI is InChI=1S/C18H17N3O/c1-12-9-10-16(11-13(12)2)21-18(15-7-5-4-6-8-15)17(14(3)22)19-20-21/h4-11H,1-3H3. The summed E-state index contributed by atoms with van der Waals surface area (Å²) in [5.41, 5.74) is 5.35. The third-order valence-electron chi connectivity index (χ3n) is 3.79. The fraction of sp³-hybridized carbons (Fsp3) is 0.167. The van der Waals surface area contributed by atoms with Crippen LogP contribution in [0.2, 0.25) is 0 Å². The molecule has 0 bridgehead atoms. The molecule has 0 N–H and O–H groups in total. The average Bonchev–Trinajstić information content (AvgIpc) is 2.96. The lowest BCUT2D eigenvalue weighted by atomic mass is 10.1. The van der Waals surface area contributed by atoms with Gasteiger partial charge in [0.1, 0.15) is 5.69 Å². The van der Waals surface area contributed by atoms with Crippen LogP contribution in [0.25, 0.3) is 16.9 Å². The molecule has 1 heterocycles. The molecule has 0 saturated heterocycles. The zero-order chi connectivity index (χ0) is 15.7. The Bertz CT molecular complexity index is 835. The van der Waals surface area contributed by atoms with Gasteiger partial charge in [0.15, 0.2) is 11.5 Å². The van der Waals surface area contributed by atoms with E-state index < -0.39 is 0 Å². The number of hydrogen-bond acceptors (Lipinski definition) is 3. The molecule has 0 fully saturated rings. The second-order valence-electron chi connectivity index (χ2n) is 5.39. The molecule has 22 heavy (non-hydrogen) atoms. The van der Waals surface area contributed by atoms with Crippen LogP contribution < -0.4 is 0 Å². The van der Waals surface area contributed by atoms with Gasteiger partial charge in [-0.05, 0) is 37.1 Å². The molecule has 0 unspecified atom stereocenters. The fourth-order valence-electron chi connectivity index (χ4n) is 2.41. The number of benzene rings is 2. The largest absolute Gasteiger partial charge is 0.293 e. The van der Waals surface area contributed by atoms with E-state index in [4.69, 9.17) is 0 Å². The quantitative estimate of drug-likeness (QED) is 0.690. The van der Waals surface area contributed by atoms with Gasteiger partial charge in [0.05, 0.1) is 5.69 Å². The van der Waals surface area contributed by atoms with Crippen LogP contribution in [0.3, 0.4) is 0 Å². The van der Waals surface area contributed by atoms with Crippen LogP contribution in [0.1, 0.15) is 28.5 Å². The van der Waals surface area contributed by atoms with Crippen molar-refractivity contribution in [1.82, 2.24) is 15.0 Å². The van der Waals surface area contributed by atoms with Crippen LogP contribution in [0, 0.1) is 13.8 Å². The lowest BCUT2D eigenvalue weighted by Gasteiger charge is -2.09. The highest BCUT2D eigenvalue weighted by Crippen LogP contribution is 2.26. The summed E-state index contributed by atoms with van der Waals surface area (Å²) in [4.78, 5) is 11.9. The van der Waals surface area contributed by atoms with Gasteiger partial charge in [-0.15, -0.1) is 5.10 Å². The first-order valence-corrected chi connectivity index (χ1v) is 7.17. The van der Waals surface area contributed by atoms with Crippen LogP contribution in [0.15, 0.2) is 48.5 Å². The molecule has 0 radical (unpaired) electrons. The Balaban J connectivity index is 2.24. The van der Waals surface area contributed by atoms with E-state index in [1.165, 1.54) is 18.1 Å². The first-order valence-electron chi connectivity index (χ1n) is 7.17. The zero-order valence-corrected chi connectivity index (χ0v) is 12.9. The second-order valence-corrected chi connectivity index (χ2v) is 5.39. The highest BCUT2D eigenvalue weighted by atomic mass is 16.1. The summed E-state index contributed by atoms with van der Waals surface area (Å²) in [5.74, 6) is -0.0889. The van der Waals surface area contributed by atoms with E-state index >= 15 is 0 Å². The van der Waals surface area contributed by atoms with Crippen molar-refractivity contribution in [2.75, 3.05) is 0 Å². The number of Topliss-reactive ketones (excluding diaryl/α,β-unsaturated/α-hetero) is 1. The van der Waals surface area contributed by atoms with Gasteiger partial charge >= 0.3 is 0 Å². The molecule has 0 saturated carbocycles. The topological polar surface area (TPSA) is 47.8 Å². The van der Waals surface area contributed by atoms with E-state index in [2.05, 4.69) is 36.3 Å². The molecule has 1 aromatic heterocycles. The number of aromatic nitrogens is 3. The molecule has 0 atom stereocenters. The predicted molar refractivity (Wildman–Crippen MR) is 86.3 cm³/mol. The number of carbonyl (C=O) groups is 1. The van der Waals surface area contributed by atoms with Crippen LogP contribution in [-0.2, 0) is 0 Å². The maximum atomic E-state index is 11.9. The Morgan fingerprint density at radius 1 is 1.00 bits per heavy atom. The molecule has 0 spiro atoms. The maximum Gasteiger partial charge on any atom is 0.182 e. The third-order valence-corrected chi connectivity index (χ3v) is 3.79. The number of carbonyl (C=O) groups excluding carboxylic acids is 1. The molecule has 0 aliphatic heterocycles. The molecular formula is C18H17N3O. The smallest absolute Gasteiger partial charge is 0.182 e. The minimum Gasteiger partial charge on any atom is -0.293 e. The second kappa shape index (κ2) is 5.56. The summed E-state index contributed by atoms with van der Waals surface area (Å²) in [6, 6.07) is 15.8. The Morgan fingerprint density at radius 3 is 2.36 bits per heavy atom. The summed E-state index contributed by atoms with van der Waals surface area (Å²) in [6.45, 7) is 5.64. The van der Waals surface area contributed by atoms with Gasteiger partial charge in [0, 0.05) is 12.5 Å².